The molecule has 0 saturated heterocycles. The highest BCUT2D eigenvalue weighted by Gasteiger charge is 2.33. The monoisotopic (exact) mass is 499 g/mol. The van der Waals surface area contributed by atoms with Crippen LogP contribution in [-0.2, 0) is 23.0 Å². The fourth-order valence-electron chi connectivity index (χ4n) is 4.09. The molecule has 2 heterocycles. The Balaban J connectivity index is 2.07. The quantitative estimate of drug-likeness (QED) is 0.219. The Morgan fingerprint density at radius 3 is 2.57 bits per heavy atom. The molecular weight excluding hydrogens is 462 g/mol. The summed E-state index contributed by atoms with van der Waals surface area (Å²) in [5.41, 5.74) is 2.51. The van der Waals surface area contributed by atoms with Gasteiger partial charge in [-0.2, -0.15) is 0 Å². The summed E-state index contributed by atoms with van der Waals surface area (Å²) in [6.45, 7) is 11.5. The molecule has 1 aliphatic rings. The lowest BCUT2D eigenvalue weighted by Gasteiger charge is -2.30. The first-order valence-electron chi connectivity index (χ1n) is 11.9. The van der Waals surface area contributed by atoms with Gasteiger partial charge >= 0.3 is 0 Å². The van der Waals surface area contributed by atoms with Gasteiger partial charge in [-0.25, -0.2) is 0 Å². The molecule has 1 aromatic heterocycles. The summed E-state index contributed by atoms with van der Waals surface area (Å²) in [5, 5.41) is 11.2. The van der Waals surface area contributed by atoms with Gasteiger partial charge in [0.05, 0.1) is 7.11 Å². The number of rotatable bonds is 10. The first-order valence-corrected chi connectivity index (χ1v) is 15.6. The van der Waals surface area contributed by atoms with Crippen LogP contribution in [-0.4, -0.2) is 51.2 Å². The lowest BCUT2D eigenvalue weighted by atomic mass is 9.90. The zero-order chi connectivity index (χ0) is 25.9. The lowest BCUT2D eigenvalue weighted by molar-refractivity contribution is -0.128. The number of aromatic nitrogens is 1. The van der Waals surface area contributed by atoms with Crippen LogP contribution in [0.4, 0.5) is 5.69 Å². The number of benzene rings is 1. The lowest BCUT2D eigenvalue weighted by Crippen LogP contribution is -2.37. The van der Waals surface area contributed by atoms with E-state index < -0.39 is 14.2 Å². The van der Waals surface area contributed by atoms with Gasteiger partial charge in [0.1, 0.15) is 23.9 Å². The SMILES string of the molecule is COc1cc2c(c(-c3cn(C)c(=O)c(NCOCC[Si](C)(C)C)c3C=N)c1)OC(C(C)C)C(=O)C2. The molecule has 2 N–H and O–H groups in total. The largest absolute Gasteiger partial charge is 0.497 e. The van der Waals surface area contributed by atoms with Crippen LogP contribution >= 0.6 is 0 Å². The van der Waals surface area contributed by atoms with Crippen LogP contribution < -0.4 is 20.3 Å². The summed E-state index contributed by atoms with van der Waals surface area (Å²) in [6.07, 6.45) is 2.55. The number of methoxy groups -OCH3 is 1. The van der Waals surface area contributed by atoms with Crippen LogP contribution in [0.5, 0.6) is 11.5 Å². The standard InChI is InChI=1S/C26H37N3O5Si/c1-16(2)24-22(30)11-17-10-18(32-4)12-19(25(17)34-24)21-14-29(3)26(31)23(20(21)13-27)28-15-33-8-9-35(5,6)7/h10,12-14,16,24,27-28H,8-9,11,15H2,1-7H3. The highest BCUT2D eigenvalue weighted by Crippen LogP contribution is 2.42. The van der Waals surface area contributed by atoms with Gasteiger partial charge in [0, 0.05) is 62.8 Å². The number of ether oxygens (including phenoxy) is 3. The molecule has 1 unspecified atom stereocenters. The Kier molecular flexibility index (Phi) is 8.22. The third-order valence-electron chi connectivity index (χ3n) is 6.11. The molecule has 2 aromatic rings. The van der Waals surface area contributed by atoms with Crippen molar-refractivity contribution in [2.45, 2.75) is 52.1 Å². The first-order chi connectivity index (χ1) is 16.5. The van der Waals surface area contributed by atoms with Crippen molar-refractivity contribution in [3.8, 4) is 22.6 Å². The minimum absolute atomic E-state index is 0.0125. The van der Waals surface area contributed by atoms with E-state index in [2.05, 4.69) is 25.0 Å². The van der Waals surface area contributed by atoms with Gasteiger partial charge in [-0.1, -0.05) is 33.5 Å². The molecule has 3 rings (SSSR count). The van der Waals surface area contributed by atoms with Crippen LogP contribution in [0.3, 0.4) is 0 Å². The van der Waals surface area contributed by atoms with Gasteiger partial charge in [0.25, 0.3) is 5.56 Å². The van der Waals surface area contributed by atoms with E-state index in [4.69, 9.17) is 19.6 Å². The molecule has 0 amide bonds. The van der Waals surface area contributed by atoms with E-state index in [-0.39, 0.29) is 36.1 Å². The maximum Gasteiger partial charge on any atom is 0.274 e. The number of carbonyl (C=O) groups is 1. The van der Waals surface area contributed by atoms with Crippen LogP contribution in [0.1, 0.15) is 25.0 Å². The van der Waals surface area contributed by atoms with Gasteiger partial charge in [-0.3, -0.25) is 9.59 Å². The van der Waals surface area contributed by atoms with Crippen LogP contribution in [0.2, 0.25) is 25.7 Å². The molecular formula is C26H37N3O5Si. The first kappa shape index (κ1) is 26.7. The van der Waals surface area contributed by atoms with Crippen molar-refractivity contribution in [2.75, 3.05) is 25.8 Å². The molecule has 190 valence electrons. The van der Waals surface area contributed by atoms with Crippen molar-refractivity contribution < 1.29 is 19.0 Å². The highest BCUT2D eigenvalue weighted by atomic mass is 28.3. The number of ketones is 1. The molecule has 0 saturated carbocycles. The summed E-state index contributed by atoms with van der Waals surface area (Å²) >= 11 is 0. The summed E-state index contributed by atoms with van der Waals surface area (Å²) in [4.78, 5) is 25.7. The van der Waals surface area contributed by atoms with E-state index in [1.54, 1.807) is 20.4 Å². The molecule has 0 fully saturated rings. The van der Waals surface area contributed by atoms with Gasteiger partial charge in [-0.05, 0) is 24.1 Å². The Labute approximate surface area is 208 Å². The third kappa shape index (κ3) is 6.02. The molecule has 0 bridgehead atoms. The van der Waals surface area contributed by atoms with Crippen molar-refractivity contribution in [1.82, 2.24) is 4.57 Å². The zero-order valence-electron chi connectivity index (χ0n) is 21.8. The van der Waals surface area contributed by atoms with Crippen molar-refractivity contribution >= 4 is 25.8 Å². The maximum atomic E-state index is 13.0. The molecule has 35 heavy (non-hydrogen) atoms. The average molecular weight is 500 g/mol. The van der Waals surface area contributed by atoms with E-state index in [1.807, 2.05) is 26.0 Å². The van der Waals surface area contributed by atoms with Crippen molar-refractivity contribution in [2.24, 2.45) is 13.0 Å². The van der Waals surface area contributed by atoms with Crippen molar-refractivity contribution in [3.63, 3.8) is 0 Å². The number of anilines is 1. The van der Waals surface area contributed by atoms with E-state index in [0.717, 1.165) is 11.6 Å². The Morgan fingerprint density at radius 1 is 1.26 bits per heavy atom. The molecule has 0 spiro atoms. The smallest absolute Gasteiger partial charge is 0.274 e. The topological polar surface area (TPSA) is 103 Å². The van der Waals surface area contributed by atoms with Crippen molar-refractivity contribution in [3.05, 3.63) is 39.8 Å². The fourth-order valence-corrected chi connectivity index (χ4v) is 4.85. The maximum absolute atomic E-state index is 13.0. The van der Waals surface area contributed by atoms with Gasteiger partial charge in [0.15, 0.2) is 11.9 Å². The Morgan fingerprint density at radius 2 is 1.97 bits per heavy atom. The fraction of sp³-hybridized carbons (Fsp3) is 0.500. The molecule has 0 aliphatic carbocycles. The number of pyridine rings is 1. The second-order valence-corrected chi connectivity index (χ2v) is 16.1. The molecule has 1 aliphatic heterocycles. The number of nitrogens with one attached hydrogen (secondary N) is 2. The number of nitrogens with zero attached hydrogens (tertiary/aromatic N) is 1. The summed E-state index contributed by atoms with van der Waals surface area (Å²) in [7, 11) is 2.01. The number of aryl methyl sites for hydroxylation is 1. The van der Waals surface area contributed by atoms with Crippen LogP contribution in [0.25, 0.3) is 11.1 Å². The van der Waals surface area contributed by atoms with E-state index >= 15 is 0 Å². The predicted molar refractivity (Wildman–Crippen MR) is 142 cm³/mol. The molecule has 8 nitrogen and oxygen atoms in total. The average Bonchev–Trinajstić information content (AvgIpc) is 2.78. The summed E-state index contributed by atoms with van der Waals surface area (Å²) < 4.78 is 19.0. The van der Waals surface area contributed by atoms with E-state index in [0.29, 0.717) is 34.8 Å². The molecule has 9 heteroatoms. The van der Waals surface area contributed by atoms with Gasteiger partial charge in [-0.15, -0.1) is 0 Å². The minimum Gasteiger partial charge on any atom is -0.497 e. The third-order valence-corrected chi connectivity index (χ3v) is 7.81. The number of carbonyl (C=O) groups excluding carboxylic acids is 1. The van der Waals surface area contributed by atoms with E-state index in [9.17, 15) is 9.59 Å². The number of hydrogen-bond donors (Lipinski definition) is 2. The van der Waals surface area contributed by atoms with Crippen LogP contribution in [0.15, 0.2) is 23.1 Å². The summed E-state index contributed by atoms with van der Waals surface area (Å²) in [6, 6.07) is 4.66. The second kappa shape index (κ2) is 10.8. The second-order valence-electron chi connectivity index (χ2n) is 10.5. The van der Waals surface area contributed by atoms with E-state index in [1.165, 1.54) is 10.8 Å². The molecule has 1 atom stereocenters. The zero-order valence-corrected chi connectivity index (χ0v) is 22.8. The number of fused-ring (bicyclic) bond motifs is 1. The Hall–Kier alpha value is -2.91. The highest BCUT2D eigenvalue weighted by molar-refractivity contribution is 6.76. The van der Waals surface area contributed by atoms with Gasteiger partial charge < -0.3 is 29.5 Å². The molecule has 0 radical (unpaired) electrons. The number of Topliss-reactive ketones (excluding diaryl/α,β-unsaturated/α-hetero) is 1. The normalized spacial score (nSPS) is 15.5. The Bertz CT molecular complexity index is 1170. The van der Waals surface area contributed by atoms with Crippen LogP contribution in [0, 0.1) is 11.3 Å². The number of hydrogen-bond acceptors (Lipinski definition) is 7. The minimum atomic E-state index is -1.22. The summed E-state index contributed by atoms with van der Waals surface area (Å²) in [5.74, 6) is 1.20. The van der Waals surface area contributed by atoms with Crippen molar-refractivity contribution in [1.29, 1.82) is 5.41 Å². The molecule has 1 aromatic carbocycles. The predicted octanol–water partition coefficient (Wildman–Crippen LogP) is 4.31. The van der Waals surface area contributed by atoms with Gasteiger partial charge in [0.2, 0.25) is 0 Å².